The second-order valence-electron chi connectivity index (χ2n) is 5.00. The lowest BCUT2D eigenvalue weighted by molar-refractivity contribution is 0.912. The van der Waals surface area contributed by atoms with Crippen molar-refractivity contribution in [3.05, 3.63) is 37.3 Å². The Morgan fingerprint density at radius 3 is 2.65 bits per heavy atom. The van der Waals surface area contributed by atoms with E-state index in [-0.39, 0.29) is 0 Å². The minimum Gasteiger partial charge on any atom is -0.346 e. The normalized spacial score (nSPS) is 10.5. The van der Waals surface area contributed by atoms with Crippen molar-refractivity contribution >= 4 is 29.3 Å². The van der Waals surface area contributed by atoms with E-state index in [9.17, 15) is 0 Å². The lowest BCUT2D eigenvalue weighted by atomic mass is 10.1. The Labute approximate surface area is 133 Å². The molecule has 0 saturated heterocycles. The molecule has 2 heterocycles. The van der Waals surface area contributed by atoms with E-state index in [1.54, 1.807) is 28.5 Å². The first-order chi connectivity index (χ1) is 11.2. The topological polar surface area (TPSA) is 86.2 Å². The number of H-pyrrole nitrogens is 1. The van der Waals surface area contributed by atoms with Crippen molar-refractivity contribution in [3.8, 4) is 11.3 Å². The standard InChI is InChI=1S/C15H16N8/c1-5-23(16-2)13-7-6-10(11-8-18-20-14(11)13)12-9-17-15(21-19-12)22(3)4/h5-9H,1-2H2,3-4H3,(H,18,20). The number of benzene rings is 1. The summed E-state index contributed by atoms with van der Waals surface area (Å²) in [5.41, 5.74) is 3.17. The highest BCUT2D eigenvalue weighted by Crippen LogP contribution is 2.32. The molecule has 0 radical (unpaired) electrons. The third-order valence-corrected chi connectivity index (χ3v) is 3.39. The number of hydrogen-bond acceptors (Lipinski definition) is 7. The summed E-state index contributed by atoms with van der Waals surface area (Å²) in [6, 6.07) is 3.82. The molecule has 0 bridgehead atoms. The maximum Gasteiger partial charge on any atom is 0.244 e. The van der Waals surface area contributed by atoms with Gasteiger partial charge in [-0.15, -0.1) is 10.2 Å². The van der Waals surface area contributed by atoms with Gasteiger partial charge < -0.3 is 4.90 Å². The molecular weight excluding hydrogens is 292 g/mol. The molecule has 0 saturated carbocycles. The maximum absolute atomic E-state index is 4.30. The van der Waals surface area contributed by atoms with Crippen molar-refractivity contribution in [2.24, 2.45) is 5.10 Å². The van der Waals surface area contributed by atoms with Crippen LogP contribution < -0.4 is 9.91 Å². The van der Waals surface area contributed by atoms with Crippen molar-refractivity contribution in [2.45, 2.75) is 0 Å². The van der Waals surface area contributed by atoms with Gasteiger partial charge in [0, 0.05) is 38.0 Å². The zero-order chi connectivity index (χ0) is 16.4. The van der Waals surface area contributed by atoms with E-state index in [2.05, 4.69) is 43.8 Å². The van der Waals surface area contributed by atoms with Crippen LogP contribution in [0.2, 0.25) is 0 Å². The van der Waals surface area contributed by atoms with E-state index >= 15 is 0 Å². The first kappa shape index (κ1) is 14.6. The number of hydrogen-bond donors (Lipinski definition) is 1. The highest BCUT2D eigenvalue weighted by atomic mass is 15.4. The molecule has 0 unspecified atom stereocenters. The second kappa shape index (κ2) is 5.84. The average Bonchev–Trinajstić information content (AvgIpc) is 3.06. The molecule has 0 spiro atoms. The molecule has 23 heavy (non-hydrogen) atoms. The van der Waals surface area contributed by atoms with E-state index in [1.165, 1.54) is 0 Å². The molecule has 8 nitrogen and oxygen atoms in total. The van der Waals surface area contributed by atoms with E-state index in [4.69, 9.17) is 0 Å². The van der Waals surface area contributed by atoms with Crippen LogP contribution in [0, 0.1) is 0 Å². The van der Waals surface area contributed by atoms with Gasteiger partial charge in [-0.2, -0.15) is 10.2 Å². The molecule has 0 aliphatic carbocycles. The van der Waals surface area contributed by atoms with Crippen molar-refractivity contribution in [3.63, 3.8) is 0 Å². The first-order valence-electron chi connectivity index (χ1n) is 6.87. The molecule has 0 amide bonds. The van der Waals surface area contributed by atoms with Crippen LogP contribution in [-0.4, -0.2) is 46.2 Å². The molecule has 0 aliphatic rings. The first-order valence-corrected chi connectivity index (χ1v) is 6.87. The zero-order valence-electron chi connectivity index (χ0n) is 12.9. The fourth-order valence-corrected chi connectivity index (χ4v) is 2.26. The van der Waals surface area contributed by atoms with E-state index in [1.807, 2.05) is 26.2 Å². The molecule has 3 aromatic rings. The third-order valence-electron chi connectivity index (χ3n) is 3.39. The lowest BCUT2D eigenvalue weighted by Crippen LogP contribution is -2.13. The van der Waals surface area contributed by atoms with Crippen LogP contribution in [-0.2, 0) is 0 Å². The predicted molar refractivity (Wildman–Crippen MR) is 91.5 cm³/mol. The Kier molecular flexibility index (Phi) is 3.71. The van der Waals surface area contributed by atoms with Gasteiger partial charge >= 0.3 is 0 Å². The smallest absolute Gasteiger partial charge is 0.244 e. The Morgan fingerprint density at radius 2 is 2.04 bits per heavy atom. The Balaban J connectivity index is 2.13. The van der Waals surface area contributed by atoms with Gasteiger partial charge in [0.2, 0.25) is 5.95 Å². The van der Waals surface area contributed by atoms with Gasteiger partial charge in [-0.3, -0.25) is 5.10 Å². The van der Waals surface area contributed by atoms with Crippen LogP contribution in [0.15, 0.2) is 42.4 Å². The monoisotopic (exact) mass is 308 g/mol. The minimum atomic E-state index is 0.558. The predicted octanol–water partition coefficient (Wildman–Crippen LogP) is 2.05. The van der Waals surface area contributed by atoms with Crippen molar-refractivity contribution in [1.29, 1.82) is 0 Å². The van der Waals surface area contributed by atoms with Gasteiger partial charge in [-0.1, -0.05) is 6.58 Å². The number of nitrogens with zero attached hydrogens (tertiary/aromatic N) is 7. The summed E-state index contributed by atoms with van der Waals surface area (Å²) in [5, 5.41) is 21.8. The Morgan fingerprint density at radius 1 is 1.22 bits per heavy atom. The summed E-state index contributed by atoms with van der Waals surface area (Å²) in [6.45, 7) is 7.27. The van der Waals surface area contributed by atoms with Crippen molar-refractivity contribution in [1.82, 2.24) is 25.4 Å². The summed E-state index contributed by atoms with van der Waals surface area (Å²) < 4.78 is 0. The average molecular weight is 308 g/mol. The van der Waals surface area contributed by atoms with Crippen LogP contribution in [0.3, 0.4) is 0 Å². The lowest BCUT2D eigenvalue weighted by Gasteiger charge is -2.15. The van der Waals surface area contributed by atoms with Gasteiger partial charge in [0.25, 0.3) is 0 Å². The molecule has 3 rings (SSSR count). The van der Waals surface area contributed by atoms with Crippen molar-refractivity contribution < 1.29 is 0 Å². The Hall–Kier alpha value is -3.29. The van der Waals surface area contributed by atoms with Crippen LogP contribution in [0.5, 0.6) is 0 Å². The number of rotatable bonds is 5. The molecule has 0 fully saturated rings. The number of anilines is 2. The zero-order valence-corrected chi connectivity index (χ0v) is 12.9. The van der Waals surface area contributed by atoms with Gasteiger partial charge in [-0.25, -0.2) is 9.99 Å². The number of aromatic nitrogens is 5. The molecule has 0 aliphatic heterocycles. The summed E-state index contributed by atoms with van der Waals surface area (Å²) in [4.78, 5) is 6.10. The van der Waals surface area contributed by atoms with E-state index < -0.39 is 0 Å². The molecule has 1 N–H and O–H groups in total. The minimum absolute atomic E-state index is 0.558. The molecule has 1 aromatic carbocycles. The van der Waals surface area contributed by atoms with Gasteiger partial charge in [-0.05, 0) is 12.1 Å². The fraction of sp³-hybridized carbons (Fsp3) is 0.133. The third kappa shape index (κ3) is 2.50. The SMILES string of the molecule is C=CN(N=C)c1ccc(-c2cnc(N(C)C)nn2)c2cn[nH]c12. The van der Waals surface area contributed by atoms with E-state index in [0.29, 0.717) is 11.6 Å². The fourth-order valence-electron chi connectivity index (χ4n) is 2.26. The van der Waals surface area contributed by atoms with E-state index in [0.717, 1.165) is 22.2 Å². The Bertz CT molecular complexity index is 842. The van der Waals surface area contributed by atoms with Gasteiger partial charge in [0.1, 0.15) is 5.69 Å². The van der Waals surface area contributed by atoms with Crippen LogP contribution in [0.25, 0.3) is 22.2 Å². The quantitative estimate of drug-likeness (QED) is 0.573. The summed E-state index contributed by atoms with van der Waals surface area (Å²) in [6.07, 6.45) is 5.01. The van der Waals surface area contributed by atoms with Crippen molar-refractivity contribution in [2.75, 3.05) is 24.0 Å². The molecule has 116 valence electrons. The number of nitrogens with one attached hydrogen (secondary N) is 1. The highest BCUT2D eigenvalue weighted by Gasteiger charge is 2.14. The summed E-state index contributed by atoms with van der Waals surface area (Å²) in [7, 11) is 3.73. The molecular formula is C15H16N8. The molecule has 2 aromatic heterocycles. The van der Waals surface area contributed by atoms with Gasteiger partial charge in [0.05, 0.1) is 23.6 Å². The summed E-state index contributed by atoms with van der Waals surface area (Å²) >= 11 is 0. The molecule has 8 heteroatoms. The van der Waals surface area contributed by atoms with Crippen LogP contribution in [0.4, 0.5) is 11.6 Å². The summed E-state index contributed by atoms with van der Waals surface area (Å²) in [5.74, 6) is 0.558. The number of fused-ring (bicyclic) bond motifs is 1. The number of hydrazone groups is 1. The van der Waals surface area contributed by atoms with Gasteiger partial charge in [0.15, 0.2) is 0 Å². The van der Waals surface area contributed by atoms with Crippen LogP contribution in [0.1, 0.15) is 0 Å². The largest absolute Gasteiger partial charge is 0.346 e. The number of aromatic amines is 1. The second-order valence-corrected chi connectivity index (χ2v) is 5.00. The van der Waals surface area contributed by atoms with Crippen LogP contribution >= 0.6 is 0 Å². The highest BCUT2D eigenvalue weighted by molar-refractivity contribution is 6.00. The molecule has 0 atom stereocenters. The maximum atomic E-state index is 4.30.